The van der Waals surface area contributed by atoms with Crippen molar-refractivity contribution < 1.29 is 14.3 Å². The molecule has 26 heavy (non-hydrogen) atoms. The van der Waals surface area contributed by atoms with E-state index in [4.69, 9.17) is 4.74 Å². The number of benzene rings is 1. The summed E-state index contributed by atoms with van der Waals surface area (Å²) in [6, 6.07) is 5.51. The van der Waals surface area contributed by atoms with Gasteiger partial charge in [0, 0.05) is 10.0 Å². The highest BCUT2D eigenvalue weighted by Gasteiger charge is 2.56. The number of ether oxygens (including phenoxy) is 1. The van der Waals surface area contributed by atoms with E-state index in [2.05, 4.69) is 39.8 Å². The van der Waals surface area contributed by atoms with Gasteiger partial charge in [0.25, 0.3) is 11.8 Å². The number of hydrazone groups is 1. The highest BCUT2D eigenvalue weighted by Crippen LogP contribution is 2.49. The fourth-order valence-electron chi connectivity index (χ4n) is 4.19. The maximum absolute atomic E-state index is 12.8. The molecule has 2 amide bonds. The first-order valence-corrected chi connectivity index (χ1v) is 9.53. The lowest BCUT2D eigenvalue weighted by Crippen LogP contribution is -2.38. The van der Waals surface area contributed by atoms with Crippen molar-refractivity contribution in [2.75, 3.05) is 6.61 Å². The van der Waals surface area contributed by atoms with E-state index in [1.807, 2.05) is 18.2 Å². The van der Waals surface area contributed by atoms with Gasteiger partial charge in [-0.25, -0.2) is 0 Å². The Bertz CT molecular complexity index is 800. The van der Waals surface area contributed by atoms with Crippen molar-refractivity contribution in [3.63, 3.8) is 0 Å². The van der Waals surface area contributed by atoms with E-state index in [1.54, 1.807) is 6.08 Å². The van der Waals surface area contributed by atoms with E-state index in [-0.39, 0.29) is 35.5 Å². The smallest absolute Gasteiger partial charge is 0.254 e. The van der Waals surface area contributed by atoms with Crippen molar-refractivity contribution in [1.82, 2.24) is 5.01 Å². The predicted molar refractivity (Wildman–Crippen MR) is 102 cm³/mol. The number of hydrogen-bond acceptors (Lipinski definition) is 4. The van der Waals surface area contributed by atoms with E-state index < -0.39 is 0 Å². The Hall–Kier alpha value is -2.21. The van der Waals surface area contributed by atoms with Crippen LogP contribution in [0.3, 0.4) is 0 Å². The van der Waals surface area contributed by atoms with Crippen LogP contribution in [-0.4, -0.2) is 29.6 Å². The molecule has 6 heteroatoms. The number of rotatable bonds is 5. The number of carbonyl (C=O) groups excluding carboxylic acids is 2. The summed E-state index contributed by atoms with van der Waals surface area (Å²) >= 11 is 3.42. The molecule has 5 nitrogen and oxygen atoms in total. The van der Waals surface area contributed by atoms with Crippen molar-refractivity contribution in [3.05, 3.63) is 53.0 Å². The lowest BCUT2D eigenvalue weighted by Gasteiger charge is -2.37. The molecule has 5 rings (SSSR count). The van der Waals surface area contributed by atoms with Crippen molar-refractivity contribution in [2.45, 2.75) is 12.8 Å². The van der Waals surface area contributed by atoms with Gasteiger partial charge in [0.2, 0.25) is 0 Å². The normalized spacial score (nSPS) is 29.5. The second kappa shape index (κ2) is 6.83. The van der Waals surface area contributed by atoms with Crippen LogP contribution < -0.4 is 4.74 Å². The van der Waals surface area contributed by atoms with Gasteiger partial charge in [-0.1, -0.05) is 40.7 Å². The van der Waals surface area contributed by atoms with Crippen LogP contribution in [0.1, 0.15) is 18.4 Å². The number of nitrogens with zero attached hydrogens (tertiary/aromatic N) is 2. The fraction of sp³-hybridized carbons (Fsp3) is 0.350. The number of hydrogen-bond donors (Lipinski definition) is 0. The molecule has 0 N–H and O–H groups in total. The quantitative estimate of drug-likeness (QED) is 0.420. The van der Waals surface area contributed by atoms with Gasteiger partial charge in [0.1, 0.15) is 12.4 Å². The number of fused-ring (bicyclic) bond motifs is 1. The molecule has 3 aliphatic carbocycles. The van der Waals surface area contributed by atoms with E-state index in [0.717, 1.165) is 22.3 Å². The van der Waals surface area contributed by atoms with Gasteiger partial charge >= 0.3 is 0 Å². The Kier molecular flexibility index (Phi) is 4.53. The zero-order valence-corrected chi connectivity index (χ0v) is 15.8. The minimum absolute atomic E-state index is 0.166. The maximum atomic E-state index is 12.8. The number of halogens is 1. The summed E-state index contributed by atoms with van der Waals surface area (Å²) in [5, 5.41) is 5.30. The van der Waals surface area contributed by atoms with E-state index >= 15 is 0 Å². The van der Waals surface area contributed by atoms with Crippen LogP contribution in [0, 0.1) is 23.7 Å². The number of carbonyl (C=O) groups is 2. The Morgan fingerprint density at radius 2 is 1.85 bits per heavy atom. The van der Waals surface area contributed by atoms with Crippen molar-refractivity contribution in [3.8, 4) is 5.75 Å². The zero-order valence-electron chi connectivity index (χ0n) is 14.2. The molecule has 1 aromatic rings. The third-order valence-electron chi connectivity index (χ3n) is 5.38. The van der Waals surface area contributed by atoms with E-state index in [9.17, 15) is 9.59 Å². The van der Waals surface area contributed by atoms with Crippen LogP contribution in [0.5, 0.6) is 5.75 Å². The molecule has 0 unspecified atom stereocenters. The molecule has 134 valence electrons. The Morgan fingerprint density at radius 3 is 2.42 bits per heavy atom. The average Bonchev–Trinajstić information content (AvgIpc) is 2.93. The molecule has 1 aliphatic heterocycles. The highest BCUT2D eigenvalue weighted by atomic mass is 79.9. The highest BCUT2D eigenvalue weighted by molar-refractivity contribution is 9.10. The summed E-state index contributed by atoms with van der Waals surface area (Å²) in [7, 11) is 0. The van der Waals surface area contributed by atoms with Gasteiger partial charge in [0.05, 0.1) is 18.1 Å². The molecule has 2 fully saturated rings. The molecule has 0 spiro atoms. The summed E-state index contributed by atoms with van der Waals surface area (Å²) in [5.74, 6) is 0.0932. The Labute approximate surface area is 160 Å². The van der Waals surface area contributed by atoms with Gasteiger partial charge in [-0.3, -0.25) is 9.59 Å². The van der Waals surface area contributed by atoms with Gasteiger partial charge in [-0.05, 0) is 42.9 Å². The number of imide groups is 1. The van der Waals surface area contributed by atoms with Crippen molar-refractivity contribution in [2.24, 2.45) is 28.8 Å². The summed E-state index contributed by atoms with van der Waals surface area (Å²) in [4.78, 5) is 25.6. The second-order valence-corrected chi connectivity index (χ2v) is 7.77. The summed E-state index contributed by atoms with van der Waals surface area (Å²) in [6.07, 6.45) is 9.33. The molecule has 4 aliphatic rings. The number of amides is 2. The van der Waals surface area contributed by atoms with Crippen molar-refractivity contribution in [1.29, 1.82) is 0 Å². The monoisotopic (exact) mass is 414 g/mol. The number of allylic oxidation sites excluding steroid dienone is 2. The molecule has 1 saturated carbocycles. The summed E-state index contributed by atoms with van der Waals surface area (Å²) in [6.45, 7) is 4.01. The van der Waals surface area contributed by atoms with Crippen LogP contribution in [0.25, 0.3) is 0 Å². The van der Waals surface area contributed by atoms with Gasteiger partial charge in [-0.15, -0.1) is 0 Å². The second-order valence-electron chi connectivity index (χ2n) is 6.86. The molecule has 1 heterocycles. The average molecular weight is 415 g/mol. The summed E-state index contributed by atoms with van der Waals surface area (Å²) < 4.78 is 6.48. The lowest BCUT2D eigenvalue weighted by atomic mass is 9.63. The van der Waals surface area contributed by atoms with E-state index in [0.29, 0.717) is 17.9 Å². The third kappa shape index (κ3) is 2.82. The molecule has 1 aromatic carbocycles. The standard InChI is InChI=1S/C20H19BrN2O3/c1-2-9-26-16-8-7-15(21)10-14(16)11-22-23-19(24)17-12-3-4-13(6-5-12)18(17)20(23)25/h2-4,7-8,10-13,17-18H,1,5-6,9H2/b22-11-/t12-,13-,17+,18+/m1/s1. The molecule has 1 saturated heterocycles. The molecule has 2 bridgehead atoms. The van der Waals surface area contributed by atoms with Gasteiger partial charge < -0.3 is 4.74 Å². The lowest BCUT2D eigenvalue weighted by molar-refractivity contribution is -0.140. The predicted octanol–water partition coefficient (Wildman–Crippen LogP) is 3.55. The van der Waals surface area contributed by atoms with Crippen molar-refractivity contribution >= 4 is 34.0 Å². The van der Waals surface area contributed by atoms with E-state index in [1.165, 1.54) is 6.21 Å². The van der Waals surface area contributed by atoms with Gasteiger partial charge in [-0.2, -0.15) is 10.1 Å². The van der Waals surface area contributed by atoms with Gasteiger partial charge in [0.15, 0.2) is 0 Å². The van der Waals surface area contributed by atoms with Crippen LogP contribution in [0.2, 0.25) is 0 Å². The molecule has 4 atom stereocenters. The Balaban J connectivity index is 1.60. The first-order chi connectivity index (χ1) is 12.6. The Morgan fingerprint density at radius 1 is 1.19 bits per heavy atom. The molecular weight excluding hydrogens is 396 g/mol. The first kappa shape index (κ1) is 17.2. The van der Waals surface area contributed by atoms with Crippen LogP contribution >= 0.6 is 15.9 Å². The SMILES string of the molecule is C=CCOc1ccc(Br)cc1/C=N\N1C(=O)[C@@H]2[C@@H](C1=O)[C@@H]1C=C[C@@H]2CC1. The third-order valence-corrected chi connectivity index (χ3v) is 5.87. The summed E-state index contributed by atoms with van der Waals surface area (Å²) in [5.41, 5.74) is 0.692. The zero-order chi connectivity index (χ0) is 18.3. The minimum atomic E-state index is -0.248. The molecule has 0 radical (unpaired) electrons. The maximum Gasteiger partial charge on any atom is 0.254 e. The topological polar surface area (TPSA) is 59.0 Å². The molecule has 0 aromatic heterocycles. The minimum Gasteiger partial charge on any atom is -0.489 e. The largest absolute Gasteiger partial charge is 0.489 e. The molecular formula is C20H19BrN2O3. The fourth-order valence-corrected chi connectivity index (χ4v) is 4.57. The first-order valence-electron chi connectivity index (χ1n) is 8.73. The van der Waals surface area contributed by atoms with Crippen LogP contribution in [0.15, 0.2) is 52.6 Å². The van der Waals surface area contributed by atoms with Crippen LogP contribution in [-0.2, 0) is 9.59 Å². The van der Waals surface area contributed by atoms with Crippen LogP contribution in [0.4, 0.5) is 0 Å².